The third kappa shape index (κ3) is 3.71. The minimum atomic E-state index is -0.593. The highest BCUT2D eigenvalue weighted by Gasteiger charge is 2.15. The van der Waals surface area contributed by atoms with Crippen LogP contribution in [0, 0.1) is 12.7 Å². The molecule has 1 aromatic rings. The molecular weight excluding hydrogens is 255 g/mol. The minimum Gasteiger partial charge on any atom is -0.382 e. The van der Waals surface area contributed by atoms with E-state index in [1.807, 2.05) is 0 Å². The van der Waals surface area contributed by atoms with Crippen LogP contribution < -0.4 is 11.1 Å². The number of amides is 1. The van der Waals surface area contributed by atoms with Crippen LogP contribution in [-0.2, 0) is 0 Å². The van der Waals surface area contributed by atoms with Gasteiger partial charge in [0.15, 0.2) is 0 Å². The number of benzene rings is 1. The van der Waals surface area contributed by atoms with Gasteiger partial charge in [-0.05, 0) is 31.9 Å². The van der Waals surface area contributed by atoms with Gasteiger partial charge in [-0.25, -0.2) is 4.39 Å². The molecule has 3 N–H and O–H groups in total. The van der Waals surface area contributed by atoms with Gasteiger partial charge in [0.1, 0.15) is 5.82 Å². The second-order valence-corrected chi connectivity index (χ2v) is 5.68. The molecule has 0 aromatic heterocycles. The molecule has 1 aromatic carbocycles. The van der Waals surface area contributed by atoms with E-state index in [4.69, 9.17) is 5.73 Å². The number of carbonyl (C=O) groups is 1. The fourth-order valence-corrected chi connectivity index (χ4v) is 2.79. The number of halogens is 1. The highest BCUT2D eigenvalue weighted by Crippen LogP contribution is 2.25. The smallest absolute Gasteiger partial charge is 0.248 e. The van der Waals surface area contributed by atoms with Gasteiger partial charge in [0.25, 0.3) is 0 Å². The molecule has 0 radical (unpaired) electrons. The lowest BCUT2D eigenvalue weighted by molar-refractivity contribution is 0.1000. The van der Waals surface area contributed by atoms with Gasteiger partial charge in [-0.3, -0.25) is 4.79 Å². The number of rotatable bonds is 3. The largest absolute Gasteiger partial charge is 0.382 e. The molecule has 0 unspecified atom stereocenters. The molecule has 0 heterocycles. The van der Waals surface area contributed by atoms with E-state index in [-0.39, 0.29) is 11.4 Å². The van der Waals surface area contributed by atoms with Crippen LogP contribution >= 0.6 is 0 Å². The van der Waals surface area contributed by atoms with Crippen molar-refractivity contribution in [1.82, 2.24) is 0 Å². The molecule has 0 atom stereocenters. The van der Waals surface area contributed by atoms with Crippen LogP contribution in [0.2, 0.25) is 0 Å². The van der Waals surface area contributed by atoms with E-state index in [1.54, 1.807) is 13.0 Å². The fourth-order valence-electron chi connectivity index (χ4n) is 2.79. The van der Waals surface area contributed by atoms with Crippen molar-refractivity contribution in [3.05, 3.63) is 29.1 Å². The van der Waals surface area contributed by atoms with Crippen LogP contribution in [0.15, 0.2) is 12.1 Å². The van der Waals surface area contributed by atoms with Gasteiger partial charge in [-0.15, -0.1) is 0 Å². The maximum absolute atomic E-state index is 13.9. The highest BCUT2D eigenvalue weighted by atomic mass is 19.1. The van der Waals surface area contributed by atoms with Gasteiger partial charge in [0.2, 0.25) is 5.91 Å². The third-order valence-electron chi connectivity index (χ3n) is 4.09. The topological polar surface area (TPSA) is 55.1 Å². The first-order valence-corrected chi connectivity index (χ1v) is 7.44. The minimum absolute atomic E-state index is 0.224. The van der Waals surface area contributed by atoms with E-state index in [1.165, 1.54) is 38.2 Å². The second-order valence-electron chi connectivity index (χ2n) is 5.68. The summed E-state index contributed by atoms with van der Waals surface area (Å²) in [5.74, 6) is -0.973. The van der Waals surface area contributed by atoms with Gasteiger partial charge < -0.3 is 11.1 Å². The summed E-state index contributed by atoms with van der Waals surface area (Å²) < 4.78 is 13.9. The van der Waals surface area contributed by atoms with Crippen molar-refractivity contribution in [3.8, 4) is 0 Å². The van der Waals surface area contributed by atoms with Crippen molar-refractivity contribution in [1.29, 1.82) is 0 Å². The van der Waals surface area contributed by atoms with Gasteiger partial charge in [-0.2, -0.15) is 0 Å². The Bertz CT molecular complexity index is 480. The monoisotopic (exact) mass is 278 g/mol. The highest BCUT2D eigenvalue weighted by molar-refractivity contribution is 5.94. The summed E-state index contributed by atoms with van der Waals surface area (Å²) >= 11 is 0. The number of hydrogen-bond acceptors (Lipinski definition) is 2. The Kier molecular flexibility index (Phi) is 4.99. The Morgan fingerprint density at radius 1 is 1.20 bits per heavy atom. The lowest BCUT2D eigenvalue weighted by atomic mass is 9.96. The first kappa shape index (κ1) is 14.8. The first-order valence-electron chi connectivity index (χ1n) is 7.44. The molecule has 110 valence electrons. The Labute approximate surface area is 119 Å². The Morgan fingerprint density at radius 2 is 1.80 bits per heavy atom. The molecule has 0 bridgehead atoms. The summed E-state index contributed by atoms with van der Waals surface area (Å²) in [4.78, 5) is 11.2. The van der Waals surface area contributed by atoms with E-state index in [9.17, 15) is 9.18 Å². The average Bonchev–Trinajstić information content (AvgIpc) is 2.37. The summed E-state index contributed by atoms with van der Waals surface area (Å²) in [6.45, 7) is 1.73. The van der Waals surface area contributed by atoms with Crippen LogP contribution in [0.3, 0.4) is 0 Å². The SMILES string of the molecule is Cc1c(F)cc(C(N)=O)cc1NC1CCCCCCC1. The molecule has 0 spiro atoms. The zero-order valence-corrected chi connectivity index (χ0v) is 12.0. The number of anilines is 1. The standard InChI is InChI=1S/C16H23FN2O/c1-11-14(17)9-12(16(18)20)10-15(11)19-13-7-5-3-2-4-6-8-13/h9-10,13,19H,2-8H2,1H3,(H2,18,20). The Morgan fingerprint density at radius 3 is 2.40 bits per heavy atom. The lowest BCUT2D eigenvalue weighted by Gasteiger charge is -2.23. The fraction of sp³-hybridized carbons (Fsp3) is 0.562. The maximum Gasteiger partial charge on any atom is 0.248 e. The van der Waals surface area contributed by atoms with Crippen LogP contribution in [-0.4, -0.2) is 11.9 Å². The number of nitrogens with one attached hydrogen (secondary N) is 1. The van der Waals surface area contributed by atoms with Gasteiger partial charge >= 0.3 is 0 Å². The predicted molar refractivity (Wildman–Crippen MR) is 79.4 cm³/mol. The van der Waals surface area contributed by atoms with Crippen LogP contribution in [0.4, 0.5) is 10.1 Å². The maximum atomic E-state index is 13.9. The lowest BCUT2D eigenvalue weighted by Crippen LogP contribution is -2.22. The van der Waals surface area contributed by atoms with Crippen molar-refractivity contribution in [3.63, 3.8) is 0 Å². The Hall–Kier alpha value is -1.58. The number of hydrogen-bond donors (Lipinski definition) is 2. The van der Waals surface area contributed by atoms with Crippen LogP contribution in [0.1, 0.15) is 60.9 Å². The van der Waals surface area contributed by atoms with Crippen LogP contribution in [0.5, 0.6) is 0 Å². The van der Waals surface area contributed by atoms with E-state index < -0.39 is 5.91 Å². The van der Waals surface area contributed by atoms with E-state index in [0.29, 0.717) is 17.3 Å². The quantitative estimate of drug-likeness (QED) is 0.884. The van der Waals surface area contributed by atoms with Crippen molar-refractivity contribution in [2.75, 3.05) is 5.32 Å². The van der Waals surface area contributed by atoms with E-state index in [2.05, 4.69) is 5.32 Å². The average molecular weight is 278 g/mol. The van der Waals surface area contributed by atoms with Crippen molar-refractivity contribution >= 4 is 11.6 Å². The van der Waals surface area contributed by atoms with Gasteiger partial charge in [0.05, 0.1) is 0 Å². The molecule has 1 aliphatic carbocycles. The second kappa shape index (κ2) is 6.73. The van der Waals surface area contributed by atoms with Gasteiger partial charge in [-0.1, -0.05) is 32.1 Å². The summed E-state index contributed by atoms with van der Waals surface area (Å²) in [5.41, 5.74) is 6.72. The molecule has 1 aliphatic rings. The summed E-state index contributed by atoms with van der Waals surface area (Å²) in [7, 11) is 0. The summed E-state index contributed by atoms with van der Waals surface area (Å²) in [5, 5.41) is 3.41. The van der Waals surface area contributed by atoms with Gasteiger partial charge in [0, 0.05) is 22.9 Å². The number of nitrogens with two attached hydrogens (primary N) is 1. The molecule has 1 saturated carbocycles. The molecule has 1 fully saturated rings. The molecular formula is C16H23FN2O. The molecule has 2 rings (SSSR count). The molecule has 3 nitrogen and oxygen atoms in total. The van der Waals surface area contributed by atoms with E-state index >= 15 is 0 Å². The zero-order chi connectivity index (χ0) is 14.5. The normalized spacial score (nSPS) is 17.3. The van der Waals surface area contributed by atoms with Crippen molar-refractivity contribution in [2.24, 2.45) is 5.73 Å². The Balaban J connectivity index is 2.16. The molecule has 0 saturated heterocycles. The zero-order valence-electron chi connectivity index (χ0n) is 12.0. The van der Waals surface area contributed by atoms with Crippen molar-refractivity contribution < 1.29 is 9.18 Å². The number of primary amides is 1. The third-order valence-corrected chi connectivity index (χ3v) is 4.09. The predicted octanol–water partition coefficient (Wildman–Crippen LogP) is 3.76. The summed E-state index contributed by atoms with van der Waals surface area (Å²) in [6.07, 6.45) is 8.46. The van der Waals surface area contributed by atoms with Crippen LogP contribution in [0.25, 0.3) is 0 Å². The first-order chi connectivity index (χ1) is 9.58. The molecule has 4 heteroatoms. The van der Waals surface area contributed by atoms with E-state index in [0.717, 1.165) is 12.8 Å². The van der Waals surface area contributed by atoms with Crippen molar-refractivity contribution in [2.45, 2.75) is 57.9 Å². The molecule has 0 aliphatic heterocycles. The summed E-state index contributed by atoms with van der Waals surface area (Å²) in [6, 6.07) is 3.23. The number of carbonyl (C=O) groups excluding carboxylic acids is 1. The molecule has 20 heavy (non-hydrogen) atoms. The molecule has 1 amide bonds.